The smallest absolute Gasteiger partial charge is 0.345 e. The van der Waals surface area contributed by atoms with Gasteiger partial charge < -0.3 is 9.47 Å². The van der Waals surface area contributed by atoms with Gasteiger partial charge in [-0.3, -0.25) is 10.1 Å². The zero-order chi connectivity index (χ0) is 19.2. The molecular weight excluding hydrogens is 370 g/mol. The molecule has 0 amide bonds. The number of carbonyl (C=O) groups excluding carboxylic acids is 1. The highest BCUT2D eigenvalue weighted by Crippen LogP contribution is 2.27. The van der Waals surface area contributed by atoms with Gasteiger partial charge in [-0.15, -0.1) is 0 Å². The number of hydrogen-bond acceptors (Lipinski definition) is 5. The van der Waals surface area contributed by atoms with Gasteiger partial charge in [0.1, 0.15) is 23.7 Å². The van der Waals surface area contributed by atoms with Crippen molar-refractivity contribution >= 4 is 23.3 Å². The summed E-state index contributed by atoms with van der Waals surface area (Å²) >= 11 is 5.85. The predicted octanol–water partition coefficient (Wildman–Crippen LogP) is 5.40. The summed E-state index contributed by atoms with van der Waals surface area (Å²) in [7, 11) is 0. The van der Waals surface area contributed by atoms with Gasteiger partial charge >= 0.3 is 5.97 Å². The van der Waals surface area contributed by atoms with Crippen molar-refractivity contribution in [2.24, 2.45) is 0 Å². The number of benzene rings is 3. The second kappa shape index (κ2) is 8.33. The minimum atomic E-state index is -0.835. The quantitative estimate of drug-likeness (QED) is 0.323. The van der Waals surface area contributed by atoms with Gasteiger partial charge in [0, 0.05) is 16.7 Å². The highest BCUT2D eigenvalue weighted by Gasteiger charge is 2.22. The molecule has 0 spiro atoms. The monoisotopic (exact) mass is 383 g/mol. The molecule has 0 aromatic heterocycles. The Kier molecular flexibility index (Phi) is 5.68. The molecule has 0 fully saturated rings. The number of nitro benzene ring substituents is 1. The molecule has 0 heterocycles. The number of ether oxygens (including phenoxy) is 2. The minimum Gasteiger partial charge on any atom is -0.457 e. The Balaban J connectivity index is 1.77. The molecular formula is C20H14ClNO5. The number of nitro groups is 1. The molecule has 0 aliphatic rings. The van der Waals surface area contributed by atoms with Crippen LogP contribution in [0.1, 0.15) is 15.9 Å². The van der Waals surface area contributed by atoms with Gasteiger partial charge in [-0.25, -0.2) is 4.79 Å². The van der Waals surface area contributed by atoms with E-state index in [2.05, 4.69) is 0 Å². The molecule has 0 N–H and O–H groups in total. The lowest BCUT2D eigenvalue weighted by Gasteiger charge is -2.11. The Hall–Kier alpha value is -3.38. The lowest BCUT2D eigenvalue weighted by molar-refractivity contribution is -0.385. The Morgan fingerprint density at radius 1 is 1.00 bits per heavy atom. The first-order valence-corrected chi connectivity index (χ1v) is 8.34. The van der Waals surface area contributed by atoms with E-state index in [0.29, 0.717) is 17.1 Å². The van der Waals surface area contributed by atoms with Crippen LogP contribution in [0.3, 0.4) is 0 Å². The van der Waals surface area contributed by atoms with Crippen LogP contribution in [-0.2, 0) is 11.3 Å². The number of carbonyl (C=O) groups is 1. The first-order chi connectivity index (χ1) is 13.0. The molecule has 0 bridgehead atoms. The van der Waals surface area contributed by atoms with Crippen LogP contribution >= 0.6 is 11.6 Å². The molecule has 7 heteroatoms. The highest BCUT2D eigenvalue weighted by molar-refractivity contribution is 6.31. The molecule has 0 radical (unpaired) electrons. The Morgan fingerprint density at radius 2 is 1.70 bits per heavy atom. The van der Waals surface area contributed by atoms with Crippen molar-refractivity contribution in [1.82, 2.24) is 0 Å². The normalized spacial score (nSPS) is 10.3. The first-order valence-electron chi connectivity index (χ1n) is 7.96. The van der Waals surface area contributed by atoms with Crippen LogP contribution in [0.4, 0.5) is 5.69 Å². The summed E-state index contributed by atoms with van der Waals surface area (Å²) in [6, 6.07) is 20.0. The maximum Gasteiger partial charge on any atom is 0.345 e. The number of esters is 1. The van der Waals surface area contributed by atoms with Crippen molar-refractivity contribution in [2.45, 2.75) is 6.61 Å². The number of halogens is 1. The number of para-hydroxylation sites is 2. The van der Waals surface area contributed by atoms with E-state index in [-0.39, 0.29) is 22.9 Å². The zero-order valence-electron chi connectivity index (χ0n) is 14.0. The Labute approximate surface area is 160 Å². The van der Waals surface area contributed by atoms with E-state index < -0.39 is 10.9 Å². The molecule has 0 saturated carbocycles. The zero-order valence-corrected chi connectivity index (χ0v) is 14.8. The molecule has 0 unspecified atom stereocenters. The Morgan fingerprint density at radius 3 is 2.44 bits per heavy atom. The summed E-state index contributed by atoms with van der Waals surface area (Å²) in [5, 5.41) is 11.3. The van der Waals surface area contributed by atoms with Gasteiger partial charge in [0.25, 0.3) is 5.69 Å². The topological polar surface area (TPSA) is 78.7 Å². The second-order valence-corrected chi connectivity index (χ2v) is 5.95. The lowest BCUT2D eigenvalue weighted by Crippen LogP contribution is -2.09. The van der Waals surface area contributed by atoms with E-state index in [0.717, 1.165) is 0 Å². The van der Waals surface area contributed by atoms with Gasteiger partial charge in [0.05, 0.1) is 4.92 Å². The molecule has 3 aromatic rings. The molecule has 0 saturated heterocycles. The summed E-state index contributed by atoms with van der Waals surface area (Å²) in [5.41, 5.74) is 0.0616. The van der Waals surface area contributed by atoms with Crippen LogP contribution in [0, 0.1) is 10.1 Å². The van der Waals surface area contributed by atoms with Crippen molar-refractivity contribution in [3.05, 3.63) is 99.1 Å². The highest BCUT2D eigenvalue weighted by atomic mass is 35.5. The SMILES string of the molecule is O=C(OCc1ccccc1Oc1ccccc1)c1cc(Cl)ccc1[N+](=O)[O-]. The van der Waals surface area contributed by atoms with Gasteiger partial charge in [0.15, 0.2) is 0 Å². The summed E-state index contributed by atoms with van der Waals surface area (Å²) in [6.45, 7) is -0.106. The average Bonchev–Trinajstić information content (AvgIpc) is 2.67. The molecule has 0 atom stereocenters. The molecule has 0 aliphatic heterocycles. The van der Waals surface area contributed by atoms with Crippen LogP contribution in [-0.4, -0.2) is 10.9 Å². The minimum absolute atomic E-state index is 0.106. The molecule has 136 valence electrons. The van der Waals surface area contributed by atoms with Crippen LogP contribution < -0.4 is 4.74 Å². The Bertz CT molecular complexity index is 975. The van der Waals surface area contributed by atoms with Crippen LogP contribution in [0.2, 0.25) is 5.02 Å². The summed E-state index contributed by atoms with van der Waals surface area (Å²) in [4.78, 5) is 22.8. The predicted molar refractivity (Wildman–Crippen MR) is 100 cm³/mol. The third-order valence-corrected chi connectivity index (χ3v) is 3.91. The molecule has 27 heavy (non-hydrogen) atoms. The standard InChI is InChI=1S/C20H14ClNO5/c21-15-10-11-18(22(24)25)17(12-15)20(23)26-13-14-6-4-5-9-19(14)27-16-7-2-1-3-8-16/h1-12H,13H2. The molecule has 6 nitrogen and oxygen atoms in total. The summed E-state index contributed by atoms with van der Waals surface area (Å²) in [6.07, 6.45) is 0. The number of rotatable bonds is 6. The van der Waals surface area contributed by atoms with Crippen molar-refractivity contribution in [1.29, 1.82) is 0 Å². The number of nitrogens with zero attached hydrogens (tertiary/aromatic N) is 1. The molecule has 3 aromatic carbocycles. The van der Waals surface area contributed by atoms with Gasteiger partial charge in [-0.05, 0) is 30.3 Å². The van der Waals surface area contributed by atoms with E-state index in [1.54, 1.807) is 36.4 Å². The molecule has 0 aliphatic carbocycles. The summed E-state index contributed by atoms with van der Waals surface area (Å²) in [5.74, 6) is 0.331. The van der Waals surface area contributed by atoms with Gasteiger partial charge in [0.2, 0.25) is 0 Å². The van der Waals surface area contributed by atoms with Crippen molar-refractivity contribution in [2.75, 3.05) is 0 Å². The average molecular weight is 384 g/mol. The second-order valence-electron chi connectivity index (χ2n) is 5.52. The van der Waals surface area contributed by atoms with Crippen molar-refractivity contribution in [3.63, 3.8) is 0 Å². The maximum absolute atomic E-state index is 12.3. The first kappa shape index (κ1) is 18.4. The van der Waals surface area contributed by atoms with Crippen LogP contribution in [0.25, 0.3) is 0 Å². The fourth-order valence-electron chi connectivity index (χ4n) is 2.39. The van der Waals surface area contributed by atoms with Gasteiger partial charge in [-0.2, -0.15) is 0 Å². The third-order valence-electron chi connectivity index (χ3n) is 3.68. The fourth-order valence-corrected chi connectivity index (χ4v) is 2.56. The number of hydrogen-bond donors (Lipinski definition) is 0. The molecule has 3 rings (SSSR count). The van der Waals surface area contributed by atoms with E-state index >= 15 is 0 Å². The maximum atomic E-state index is 12.3. The van der Waals surface area contributed by atoms with E-state index in [1.165, 1.54) is 18.2 Å². The van der Waals surface area contributed by atoms with Crippen molar-refractivity contribution < 1.29 is 19.2 Å². The van der Waals surface area contributed by atoms with E-state index in [4.69, 9.17) is 21.1 Å². The van der Waals surface area contributed by atoms with E-state index in [1.807, 2.05) is 18.2 Å². The van der Waals surface area contributed by atoms with Crippen LogP contribution in [0.5, 0.6) is 11.5 Å². The van der Waals surface area contributed by atoms with E-state index in [9.17, 15) is 14.9 Å². The largest absolute Gasteiger partial charge is 0.457 e. The van der Waals surface area contributed by atoms with Crippen LogP contribution in [0.15, 0.2) is 72.8 Å². The van der Waals surface area contributed by atoms with Crippen molar-refractivity contribution in [3.8, 4) is 11.5 Å². The third kappa shape index (κ3) is 4.62. The summed E-state index contributed by atoms with van der Waals surface area (Å²) < 4.78 is 11.1. The lowest BCUT2D eigenvalue weighted by atomic mass is 10.2. The van der Waals surface area contributed by atoms with Gasteiger partial charge in [-0.1, -0.05) is 48.0 Å². The fraction of sp³-hybridized carbons (Fsp3) is 0.0500.